The van der Waals surface area contributed by atoms with Gasteiger partial charge < -0.3 is 5.11 Å². The predicted octanol–water partition coefficient (Wildman–Crippen LogP) is 3.51. The van der Waals surface area contributed by atoms with Crippen LogP contribution in [0.25, 0.3) is 0 Å². The summed E-state index contributed by atoms with van der Waals surface area (Å²) in [6.45, 7) is 8.98. The number of aryl methyl sites for hydroxylation is 1. The predicted molar refractivity (Wildman–Crippen MR) is 76.9 cm³/mol. The van der Waals surface area contributed by atoms with Gasteiger partial charge in [0.1, 0.15) is 0 Å². The minimum atomic E-state index is -0.583. The Balaban J connectivity index is 1.93. The van der Waals surface area contributed by atoms with Crippen molar-refractivity contribution < 1.29 is 5.11 Å². The van der Waals surface area contributed by atoms with Gasteiger partial charge in [0.25, 0.3) is 0 Å². The number of hydrogen-bond donors (Lipinski definition) is 1. The summed E-state index contributed by atoms with van der Waals surface area (Å²) in [6.07, 6.45) is 4.05. The molecule has 2 aliphatic carbocycles. The molecule has 0 spiro atoms. The molecule has 1 aromatic heterocycles. The van der Waals surface area contributed by atoms with Crippen molar-refractivity contribution >= 4 is 0 Å². The molecule has 19 heavy (non-hydrogen) atoms. The maximum atomic E-state index is 11.3. The average molecular weight is 259 g/mol. The van der Waals surface area contributed by atoms with E-state index in [0.29, 0.717) is 12.3 Å². The second kappa shape index (κ2) is 3.82. The van der Waals surface area contributed by atoms with E-state index in [4.69, 9.17) is 0 Å². The molecule has 104 valence electrons. The second-order valence-corrected chi connectivity index (χ2v) is 7.47. The number of rotatable bonds is 2. The van der Waals surface area contributed by atoms with Gasteiger partial charge in [0.2, 0.25) is 0 Å². The van der Waals surface area contributed by atoms with E-state index >= 15 is 0 Å². The molecular formula is C17H25NO. The number of nitrogens with zero attached hydrogens (tertiary/aromatic N) is 1. The molecule has 0 unspecified atom stereocenters. The molecule has 2 bridgehead atoms. The molecule has 2 nitrogen and oxygen atoms in total. The van der Waals surface area contributed by atoms with E-state index in [9.17, 15) is 5.11 Å². The zero-order valence-corrected chi connectivity index (χ0v) is 12.5. The fraction of sp³-hybridized carbons (Fsp3) is 0.706. The highest BCUT2D eigenvalue weighted by molar-refractivity contribution is 5.22. The van der Waals surface area contributed by atoms with Crippen LogP contribution in [0.5, 0.6) is 0 Å². The lowest BCUT2D eigenvalue weighted by Gasteiger charge is -2.45. The third kappa shape index (κ3) is 1.62. The van der Waals surface area contributed by atoms with Crippen LogP contribution in [0.2, 0.25) is 0 Å². The third-order valence-electron chi connectivity index (χ3n) is 6.47. The maximum Gasteiger partial charge on any atom is 0.0764 e. The zero-order valence-electron chi connectivity index (χ0n) is 12.5. The van der Waals surface area contributed by atoms with Gasteiger partial charge in [-0.2, -0.15) is 0 Å². The summed E-state index contributed by atoms with van der Waals surface area (Å²) in [4.78, 5) is 4.58. The Bertz CT molecular complexity index is 510. The van der Waals surface area contributed by atoms with Gasteiger partial charge in [-0.3, -0.25) is 4.98 Å². The van der Waals surface area contributed by atoms with Gasteiger partial charge in [0, 0.05) is 23.2 Å². The minimum absolute atomic E-state index is 0.0239. The minimum Gasteiger partial charge on any atom is -0.389 e. The number of aromatic nitrogens is 1. The Labute approximate surface area is 116 Å². The van der Waals surface area contributed by atoms with Crippen LogP contribution in [-0.4, -0.2) is 15.7 Å². The summed E-state index contributed by atoms with van der Waals surface area (Å²) in [5, 5.41) is 11.3. The van der Waals surface area contributed by atoms with Gasteiger partial charge >= 0.3 is 0 Å². The number of fused-ring (bicyclic) bond motifs is 2. The molecule has 0 aliphatic heterocycles. The van der Waals surface area contributed by atoms with E-state index in [0.717, 1.165) is 24.2 Å². The first-order chi connectivity index (χ1) is 8.78. The number of pyridine rings is 1. The highest BCUT2D eigenvalue weighted by Gasteiger charge is 2.68. The number of aliphatic hydroxyl groups is 1. The third-order valence-corrected chi connectivity index (χ3v) is 6.47. The van der Waals surface area contributed by atoms with Gasteiger partial charge in [-0.15, -0.1) is 0 Å². The van der Waals surface area contributed by atoms with Crippen molar-refractivity contribution in [1.29, 1.82) is 0 Å². The Morgan fingerprint density at radius 1 is 1.32 bits per heavy atom. The largest absolute Gasteiger partial charge is 0.389 e. The van der Waals surface area contributed by atoms with Crippen molar-refractivity contribution in [2.45, 2.75) is 59.0 Å². The summed E-state index contributed by atoms with van der Waals surface area (Å²) >= 11 is 0. The molecule has 3 rings (SSSR count). The zero-order chi connectivity index (χ0) is 13.9. The lowest BCUT2D eigenvalue weighted by atomic mass is 9.63. The smallest absolute Gasteiger partial charge is 0.0764 e. The van der Waals surface area contributed by atoms with Crippen LogP contribution in [0.4, 0.5) is 0 Å². The lowest BCUT2D eigenvalue weighted by molar-refractivity contribution is -0.0891. The van der Waals surface area contributed by atoms with Crippen molar-refractivity contribution in [3.8, 4) is 0 Å². The van der Waals surface area contributed by atoms with Crippen molar-refractivity contribution in [2.24, 2.45) is 16.7 Å². The van der Waals surface area contributed by atoms with E-state index in [1.54, 1.807) is 0 Å². The van der Waals surface area contributed by atoms with Crippen molar-refractivity contribution in [2.75, 3.05) is 0 Å². The van der Waals surface area contributed by atoms with Crippen LogP contribution < -0.4 is 0 Å². The van der Waals surface area contributed by atoms with E-state index in [1.165, 1.54) is 6.42 Å². The molecule has 0 radical (unpaired) electrons. The first kappa shape index (κ1) is 13.1. The van der Waals surface area contributed by atoms with Gasteiger partial charge in [0.15, 0.2) is 0 Å². The van der Waals surface area contributed by atoms with E-state index in [-0.39, 0.29) is 10.8 Å². The van der Waals surface area contributed by atoms with E-state index < -0.39 is 5.60 Å². The molecular weight excluding hydrogens is 234 g/mol. The molecule has 2 heteroatoms. The molecule has 3 atom stereocenters. The average Bonchev–Trinajstić information content (AvgIpc) is 2.60. The maximum absolute atomic E-state index is 11.3. The Morgan fingerprint density at radius 2 is 2.05 bits per heavy atom. The van der Waals surface area contributed by atoms with Crippen LogP contribution in [0.15, 0.2) is 18.2 Å². The topological polar surface area (TPSA) is 33.1 Å². The summed E-state index contributed by atoms with van der Waals surface area (Å²) in [6, 6.07) is 6.11. The van der Waals surface area contributed by atoms with E-state index in [1.807, 2.05) is 25.1 Å². The van der Waals surface area contributed by atoms with Crippen LogP contribution in [0, 0.1) is 23.7 Å². The first-order valence-electron chi connectivity index (χ1n) is 7.43. The quantitative estimate of drug-likeness (QED) is 0.881. The first-order valence-corrected chi connectivity index (χ1v) is 7.43. The molecule has 2 fully saturated rings. The molecule has 2 saturated carbocycles. The standard InChI is InChI=1S/C17H25NO/c1-12-6-5-7-14(18-12)11-17(19)10-13-8-9-16(17,4)15(13,2)3/h5-7,13,19H,8-11H2,1-4H3/t13-,16-,17+/m1/s1. The lowest BCUT2D eigenvalue weighted by Crippen LogP contribution is -2.48. The Kier molecular flexibility index (Phi) is 2.63. The molecule has 1 heterocycles. The van der Waals surface area contributed by atoms with Gasteiger partial charge in [-0.1, -0.05) is 26.8 Å². The van der Waals surface area contributed by atoms with Crippen LogP contribution in [-0.2, 0) is 6.42 Å². The summed E-state index contributed by atoms with van der Waals surface area (Å²) < 4.78 is 0. The highest BCUT2D eigenvalue weighted by atomic mass is 16.3. The molecule has 1 N–H and O–H groups in total. The summed E-state index contributed by atoms with van der Waals surface area (Å²) in [7, 11) is 0. The highest BCUT2D eigenvalue weighted by Crippen LogP contribution is 2.70. The van der Waals surface area contributed by atoms with Crippen LogP contribution in [0.1, 0.15) is 51.4 Å². The fourth-order valence-electron chi connectivity index (χ4n) is 4.68. The van der Waals surface area contributed by atoms with Crippen molar-refractivity contribution in [1.82, 2.24) is 4.98 Å². The van der Waals surface area contributed by atoms with Gasteiger partial charge in [-0.05, 0) is 49.7 Å². The second-order valence-electron chi connectivity index (χ2n) is 7.47. The number of hydrogen-bond acceptors (Lipinski definition) is 2. The van der Waals surface area contributed by atoms with Gasteiger partial charge in [0.05, 0.1) is 5.60 Å². The Morgan fingerprint density at radius 3 is 2.58 bits per heavy atom. The molecule has 0 amide bonds. The monoisotopic (exact) mass is 259 g/mol. The summed E-state index contributed by atoms with van der Waals surface area (Å²) in [5.41, 5.74) is 1.75. The molecule has 2 aliphatic rings. The van der Waals surface area contributed by atoms with Gasteiger partial charge in [-0.25, -0.2) is 0 Å². The van der Waals surface area contributed by atoms with E-state index in [2.05, 4.69) is 25.8 Å². The Hall–Kier alpha value is -0.890. The molecule has 0 aromatic carbocycles. The van der Waals surface area contributed by atoms with Crippen molar-refractivity contribution in [3.05, 3.63) is 29.6 Å². The molecule has 1 aromatic rings. The van der Waals surface area contributed by atoms with Crippen LogP contribution >= 0.6 is 0 Å². The normalized spacial score (nSPS) is 39.7. The SMILES string of the molecule is Cc1cccc(C[C@@]2(O)C[C@H]3CC[C@]2(C)C3(C)C)n1. The van der Waals surface area contributed by atoms with Crippen LogP contribution in [0.3, 0.4) is 0 Å². The van der Waals surface area contributed by atoms with Crippen molar-refractivity contribution in [3.63, 3.8) is 0 Å². The summed E-state index contributed by atoms with van der Waals surface area (Å²) in [5.74, 6) is 0.660. The fourth-order valence-corrected chi connectivity index (χ4v) is 4.68. The molecule has 0 saturated heterocycles.